The van der Waals surface area contributed by atoms with E-state index in [4.69, 9.17) is 14.1 Å². The molecule has 0 bridgehead atoms. The van der Waals surface area contributed by atoms with E-state index in [2.05, 4.69) is 22.0 Å². The van der Waals surface area contributed by atoms with Gasteiger partial charge >= 0.3 is 6.61 Å². The van der Waals surface area contributed by atoms with Crippen LogP contribution in [0.2, 0.25) is 0 Å². The van der Waals surface area contributed by atoms with Crippen molar-refractivity contribution >= 4 is 16.9 Å². The van der Waals surface area contributed by atoms with Gasteiger partial charge in [0.1, 0.15) is 11.5 Å². The van der Waals surface area contributed by atoms with Crippen molar-refractivity contribution in [3.8, 4) is 23.3 Å². The van der Waals surface area contributed by atoms with Gasteiger partial charge in [-0.15, -0.1) is 5.10 Å². The number of imidazole rings is 1. The van der Waals surface area contributed by atoms with Crippen LogP contribution in [0.1, 0.15) is 52.9 Å². The maximum Gasteiger partial charge on any atom is 0.387 e. The number of carbonyl (C=O) groups excluding carboxylic acids is 1. The Kier molecular flexibility index (Phi) is 5.24. The van der Waals surface area contributed by atoms with Crippen molar-refractivity contribution in [2.75, 3.05) is 7.05 Å². The van der Waals surface area contributed by atoms with Gasteiger partial charge in [0.2, 0.25) is 5.89 Å². The highest BCUT2D eigenvalue weighted by Crippen LogP contribution is 2.40. The molecular weight excluding hydrogens is 444 g/mol. The second-order valence-corrected chi connectivity index (χ2v) is 7.76. The molecule has 0 saturated heterocycles. The van der Waals surface area contributed by atoms with Gasteiger partial charge in [-0.05, 0) is 42.7 Å². The minimum Gasteiger partial charge on any atom is -0.433 e. The van der Waals surface area contributed by atoms with Crippen LogP contribution in [0.5, 0.6) is 5.75 Å². The van der Waals surface area contributed by atoms with E-state index in [9.17, 15) is 13.6 Å². The molecule has 1 atom stereocenters. The summed E-state index contributed by atoms with van der Waals surface area (Å²) in [6.07, 6.45) is 0.577. The molecule has 2 aromatic heterocycles. The highest BCUT2D eigenvalue weighted by Gasteiger charge is 2.35. The van der Waals surface area contributed by atoms with E-state index in [-0.39, 0.29) is 34.8 Å². The zero-order chi connectivity index (χ0) is 24.0. The molecule has 0 fully saturated rings. The average Bonchev–Trinajstić information content (AvgIpc) is 3.37. The van der Waals surface area contributed by atoms with E-state index in [1.807, 2.05) is 6.92 Å². The SMILES string of the molecule is CCC1c2nc3ccc(C#Cc4nnc(C)o4)cc3n2-c2c(OC(F)F)cccc2C(=O)N1C. The lowest BCUT2D eigenvalue weighted by Gasteiger charge is -2.24. The lowest BCUT2D eigenvalue weighted by molar-refractivity contribution is -0.0498. The number of halogens is 2. The Bertz CT molecular complexity index is 1480. The summed E-state index contributed by atoms with van der Waals surface area (Å²) in [7, 11) is 1.68. The van der Waals surface area contributed by atoms with Gasteiger partial charge in [-0.2, -0.15) is 8.78 Å². The maximum absolute atomic E-state index is 13.3. The molecule has 0 spiro atoms. The van der Waals surface area contributed by atoms with Crippen LogP contribution in [0.4, 0.5) is 8.78 Å². The smallest absolute Gasteiger partial charge is 0.387 e. The van der Waals surface area contributed by atoms with Crippen LogP contribution in [0.3, 0.4) is 0 Å². The molecule has 1 unspecified atom stereocenters. The number of alkyl halides is 2. The zero-order valence-electron chi connectivity index (χ0n) is 18.5. The van der Waals surface area contributed by atoms with Gasteiger partial charge < -0.3 is 14.1 Å². The third-order valence-electron chi connectivity index (χ3n) is 5.66. The molecule has 1 aliphatic rings. The normalized spacial score (nSPS) is 15.1. The third kappa shape index (κ3) is 3.55. The number of ether oxygens (including phenoxy) is 1. The third-order valence-corrected chi connectivity index (χ3v) is 5.66. The number of benzene rings is 2. The van der Waals surface area contributed by atoms with Crippen LogP contribution in [0.15, 0.2) is 40.8 Å². The first-order chi connectivity index (χ1) is 16.4. The van der Waals surface area contributed by atoms with Crippen molar-refractivity contribution < 1.29 is 22.7 Å². The van der Waals surface area contributed by atoms with Crippen molar-refractivity contribution in [2.45, 2.75) is 32.9 Å². The van der Waals surface area contributed by atoms with Crippen LogP contribution in [0, 0.1) is 18.8 Å². The van der Waals surface area contributed by atoms with Gasteiger partial charge in [0.15, 0.2) is 5.75 Å². The average molecular weight is 463 g/mol. The number of fused-ring (bicyclic) bond motifs is 5. The van der Waals surface area contributed by atoms with Crippen molar-refractivity contribution in [1.82, 2.24) is 24.6 Å². The highest BCUT2D eigenvalue weighted by molar-refractivity contribution is 6.00. The van der Waals surface area contributed by atoms with E-state index in [0.717, 1.165) is 0 Å². The van der Waals surface area contributed by atoms with Crippen molar-refractivity contribution in [2.24, 2.45) is 0 Å². The zero-order valence-corrected chi connectivity index (χ0v) is 18.5. The number of hydrogen-bond acceptors (Lipinski definition) is 6. The molecule has 2 aromatic carbocycles. The molecule has 4 aromatic rings. The fraction of sp³-hybridized carbons (Fsp3) is 0.250. The molecule has 10 heteroatoms. The van der Waals surface area contributed by atoms with E-state index in [0.29, 0.717) is 34.7 Å². The number of aryl methyl sites for hydroxylation is 1. The van der Waals surface area contributed by atoms with Crippen molar-refractivity contribution in [3.63, 3.8) is 0 Å². The van der Waals surface area contributed by atoms with E-state index in [1.54, 1.807) is 47.7 Å². The summed E-state index contributed by atoms with van der Waals surface area (Å²) in [5.41, 5.74) is 2.34. The quantitative estimate of drug-likeness (QED) is 0.422. The Labute approximate surface area is 193 Å². The van der Waals surface area contributed by atoms with Crippen LogP contribution >= 0.6 is 0 Å². The summed E-state index contributed by atoms with van der Waals surface area (Å²) in [6.45, 7) is 0.556. The number of amides is 1. The van der Waals surface area contributed by atoms with Gasteiger partial charge in [0, 0.05) is 19.5 Å². The molecule has 1 aliphatic heterocycles. The Morgan fingerprint density at radius 2 is 2.03 bits per heavy atom. The summed E-state index contributed by atoms with van der Waals surface area (Å²) in [5, 5.41) is 7.62. The number of nitrogens with zero attached hydrogens (tertiary/aromatic N) is 5. The first-order valence-corrected chi connectivity index (χ1v) is 10.6. The number of hydrogen-bond donors (Lipinski definition) is 0. The summed E-state index contributed by atoms with van der Waals surface area (Å²) >= 11 is 0. The van der Waals surface area contributed by atoms with Crippen molar-refractivity contribution in [1.29, 1.82) is 0 Å². The predicted molar refractivity (Wildman–Crippen MR) is 118 cm³/mol. The number of carbonyl (C=O) groups is 1. The van der Waals surface area contributed by atoms with Crippen LogP contribution in [-0.2, 0) is 0 Å². The Hall–Kier alpha value is -4.26. The van der Waals surface area contributed by atoms with Gasteiger partial charge in [0.25, 0.3) is 11.8 Å². The summed E-state index contributed by atoms with van der Waals surface area (Å²) in [4.78, 5) is 19.6. The number of aromatic nitrogens is 4. The van der Waals surface area contributed by atoms with Crippen molar-refractivity contribution in [3.05, 3.63) is 65.1 Å². The molecule has 1 amide bonds. The van der Waals surface area contributed by atoms with E-state index < -0.39 is 6.61 Å². The Morgan fingerprint density at radius 1 is 1.21 bits per heavy atom. The summed E-state index contributed by atoms with van der Waals surface area (Å²) in [5.74, 6) is 6.52. The molecule has 0 radical (unpaired) electrons. The maximum atomic E-state index is 13.3. The van der Waals surface area contributed by atoms with Gasteiger partial charge in [-0.1, -0.05) is 24.0 Å². The summed E-state index contributed by atoms with van der Waals surface area (Å²) in [6, 6.07) is 9.55. The van der Waals surface area contributed by atoms with E-state index >= 15 is 0 Å². The monoisotopic (exact) mass is 463 g/mol. The van der Waals surface area contributed by atoms with Crippen LogP contribution in [0.25, 0.3) is 16.7 Å². The fourth-order valence-electron chi connectivity index (χ4n) is 4.18. The molecule has 5 rings (SSSR count). The number of rotatable bonds is 3. The lowest BCUT2D eigenvalue weighted by atomic mass is 10.1. The topological polar surface area (TPSA) is 86.3 Å². The molecule has 3 heterocycles. The Morgan fingerprint density at radius 3 is 2.74 bits per heavy atom. The van der Waals surface area contributed by atoms with Gasteiger partial charge in [-0.25, -0.2) is 4.98 Å². The van der Waals surface area contributed by atoms with Crippen LogP contribution < -0.4 is 4.74 Å². The predicted octanol–water partition coefficient (Wildman–Crippen LogP) is 4.25. The van der Waals surface area contributed by atoms with Gasteiger partial charge in [0.05, 0.1) is 22.6 Å². The molecule has 34 heavy (non-hydrogen) atoms. The molecule has 0 aliphatic carbocycles. The second-order valence-electron chi connectivity index (χ2n) is 7.76. The Balaban J connectivity index is 1.77. The largest absolute Gasteiger partial charge is 0.433 e. The lowest BCUT2D eigenvalue weighted by Crippen LogP contribution is -2.30. The number of para-hydroxylation sites is 1. The molecule has 0 N–H and O–H groups in total. The van der Waals surface area contributed by atoms with Gasteiger partial charge in [-0.3, -0.25) is 9.36 Å². The summed E-state index contributed by atoms with van der Waals surface area (Å²) < 4.78 is 38.4. The van der Waals surface area contributed by atoms with E-state index in [1.165, 1.54) is 12.1 Å². The standard InChI is InChI=1S/C24H19F2N5O3/c1-4-17-22-27-16-10-8-14(9-11-20-29-28-13(2)33-20)12-18(16)31(22)21-15(23(32)30(17)3)6-5-7-19(21)34-24(25)26/h5-8,10,12,17,24H,4H2,1-3H3. The molecule has 172 valence electrons. The molecule has 8 nitrogen and oxygen atoms in total. The molecular formula is C24H19F2N5O3. The first-order valence-electron chi connectivity index (χ1n) is 10.6. The second kappa shape index (κ2) is 8.26. The highest BCUT2D eigenvalue weighted by atomic mass is 19.3. The van der Waals surface area contributed by atoms with Crippen LogP contribution in [-0.4, -0.2) is 44.2 Å². The fourth-order valence-corrected chi connectivity index (χ4v) is 4.18. The minimum absolute atomic E-state index is 0.107. The first kappa shape index (κ1) is 21.6. The minimum atomic E-state index is -3.05. The molecule has 0 saturated carbocycles.